The van der Waals surface area contributed by atoms with Crippen LogP contribution in [0.2, 0.25) is 0 Å². The molecule has 1 amide bonds. The Morgan fingerprint density at radius 3 is 2.84 bits per heavy atom. The molecule has 0 saturated carbocycles. The summed E-state index contributed by atoms with van der Waals surface area (Å²) in [6.07, 6.45) is 0. The molecule has 0 aromatic heterocycles. The van der Waals surface area contributed by atoms with Gasteiger partial charge in [-0.3, -0.25) is 4.79 Å². The fourth-order valence-electron chi connectivity index (χ4n) is 2.24. The zero-order valence-corrected chi connectivity index (χ0v) is 11.6. The molecule has 0 aliphatic carbocycles. The lowest BCUT2D eigenvalue weighted by molar-refractivity contribution is -0.0764. The number of carbonyl (C=O) groups excluding carboxylic acids is 1. The number of anilines is 1. The highest BCUT2D eigenvalue weighted by Gasteiger charge is 2.31. The SMILES string of the molecule is COc1cc(N)ccc1C(=O)N1CCOC(C)(C)C1. The molecule has 5 heteroatoms. The van der Waals surface area contributed by atoms with Crippen molar-refractivity contribution in [2.24, 2.45) is 0 Å². The lowest BCUT2D eigenvalue weighted by Gasteiger charge is -2.38. The average Bonchev–Trinajstić information content (AvgIpc) is 2.36. The molecule has 1 heterocycles. The molecule has 104 valence electrons. The normalized spacial score (nSPS) is 18.2. The summed E-state index contributed by atoms with van der Waals surface area (Å²) >= 11 is 0. The van der Waals surface area contributed by atoms with Gasteiger partial charge in [0.25, 0.3) is 5.91 Å². The molecule has 0 bridgehead atoms. The Kier molecular flexibility index (Phi) is 3.66. The topological polar surface area (TPSA) is 64.8 Å². The van der Waals surface area contributed by atoms with E-state index in [9.17, 15) is 4.79 Å². The van der Waals surface area contributed by atoms with E-state index in [4.69, 9.17) is 15.2 Å². The Morgan fingerprint density at radius 2 is 2.21 bits per heavy atom. The Labute approximate surface area is 113 Å². The average molecular weight is 264 g/mol. The maximum atomic E-state index is 12.5. The summed E-state index contributed by atoms with van der Waals surface area (Å²) in [5.74, 6) is 0.461. The van der Waals surface area contributed by atoms with Gasteiger partial charge < -0.3 is 20.1 Å². The van der Waals surface area contributed by atoms with Gasteiger partial charge in [0.15, 0.2) is 0 Å². The molecular weight excluding hydrogens is 244 g/mol. The van der Waals surface area contributed by atoms with Crippen molar-refractivity contribution in [1.29, 1.82) is 0 Å². The van der Waals surface area contributed by atoms with E-state index in [1.54, 1.807) is 23.1 Å². The maximum absolute atomic E-state index is 12.5. The van der Waals surface area contributed by atoms with Crippen LogP contribution in [-0.2, 0) is 4.74 Å². The molecule has 0 atom stereocenters. The van der Waals surface area contributed by atoms with Crippen molar-refractivity contribution in [3.05, 3.63) is 23.8 Å². The number of methoxy groups -OCH3 is 1. The summed E-state index contributed by atoms with van der Waals surface area (Å²) in [5, 5.41) is 0. The van der Waals surface area contributed by atoms with Gasteiger partial charge in [0.05, 0.1) is 24.9 Å². The summed E-state index contributed by atoms with van der Waals surface area (Å²) in [6, 6.07) is 5.08. The Balaban J connectivity index is 2.24. The van der Waals surface area contributed by atoms with Crippen LogP contribution in [0, 0.1) is 0 Å². The number of nitrogens with two attached hydrogens (primary N) is 1. The van der Waals surface area contributed by atoms with Crippen LogP contribution in [-0.4, -0.2) is 43.2 Å². The zero-order chi connectivity index (χ0) is 14.0. The van der Waals surface area contributed by atoms with Gasteiger partial charge in [-0.05, 0) is 26.0 Å². The van der Waals surface area contributed by atoms with Crippen molar-refractivity contribution in [3.8, 4) is 5.75 Å². The Bertz CT molecular complexity index is 486. The number of morpholine rings is 1. The van der Waals surface area contributed by atoms with Crippen molar-refractivity contribution in [1.82, 2.24) is 4.90 Å². The van der Waals surface area contributed by atoms with E-state index in [0.717, 1.165) is 0 Å². The number of hydrogen-bond acceptors (Lipinski definition) is 4. The molecule has 5 nitrogen and oxygen atoms in total. The third-order valence-corrected chi connectivity index (χ3v) is 3.17. The maximum Gasteiger partial charge on any atom is 0.257 e. The van der Waals surface area contributed by atoms with E-state index in [1.165, 1.54) is 7.11 Å². The van der Waals surface area contributed by atoms with Crippen molar-refractivity contribution in [2.45, 2.75) is 19.4 Å². The molecule has 0 unspecified atom stereocenters. The van der Waals surface area contributed by atoms with Gasteiger partial charge in [0.2, 0.25) is 0 Å². The number of amides is 1. The van der Waals surface area contributed by atoms with Crippen LogP contribution >= 0.6 is 0 Å². The van der Waals surface area contributed by atoms with Crippen LogP contribution in [0.5, 0.6) is 5.75 Å². The van der Waals surface area contributed by atoms with Gasteiger partial charge in [-0.25, -0.2) is 0 Å². The number of ether oxygens (including phenoxy) is 2. The molecule has 1 aliphatic rings. The fraction of sp³-hybridized carbons (Fsp3) is 0.500. The monoisotopic (exact) mass is 264 g/mol. The quantitative estimate of drug-likeness (QED) is 0.823. The zero-order valence-electron chi connectivity index (χ0n) is 11.6. The molecule has 2 rings (SSSR count). The highest BCUT2D eigenvalue weighted by Crippen LogP contribution is 2.25. The number of nitrogen functional groups attached to an aromatic ring is 1. The van der Waals surface area contributed by atoms with Crippen molar-refractivity contribution in [2.75, 3.05) is 32.5 Å². The van der Waals surface area contributed by atoms with Crippen molar-refractivity contribution in [3.63, 3.8) is 0 Å². The first kappa shape index (κ1) is 13.7. The molecule has 1 fully saturated rings. The molecule has 2 N–H and O–H groups in total. The second-order valence-electron chi connectivity index (χ2n) is 5.29. The first-order valence-corrected chi connectivity index (χ1v) is 6.30. The second kappa shape index (κ2) is 5.09. The first-order chi connectivity index (χ1) is 8.93. The summed E-state index contributed by atoms with van der Waals surface area (Å²) in [5.41, 5.74) is 6.51. The van der Waals surface area contributed by atoms with Crippen LogP contribution < -0.4 is 10.5 Å². The lowest BCUT2D eigenvalue weighted by atomic mass is 10.1. The van der Waals surface area contributed by atoms with Gasteiger partial charge in [-0.2, -0.15) is 0 Å². The molecule has 0 spiro atoms. The fourth-order valence-corrected chi connectivity index (χ4v) is 2.24. The van der Waals surface area contributed by atoms with Gasteiger partial charge in [0.1, 0.15) is 5.75 Å². The highest BCUT2D eigenvalue weighted by molar-refractivity contribution is 5.97. The van der Waals surface area contributed by atoms with Crippen LogP contribution in [0.4, 0.5) is 5.69 Å². The predicted molar refractivity (Wildman–Crippen MR) is 73.3 cm³/mol. The third kappa shape index (κ3) is 2.98. The van der Waals surface area contributed by atoms with Gasteiger partial charge >= 0.3 is 0 Å². The van der Waals surface area contributed by atoms with Crippen molar-refractivity contribution >= 4 is 11.6 Å². The van der Waals surface area contributed by atoms with E-state index < -0.39 is 0 Å². The van der Waals surface area contributed by atoms with E-state index in [1.807, 2.05) is 13.8 Å². The summed E-state index contributed by atoms with van der Waals surface area (Å²) < 4.78 is 10.8. The van der Waals surface area contributed by atoms with E-state index in [0.29, 0.717) is 36.7 Å². The smallest absolute Gasteiger partial charge is 0.257 e. The molecule has 1 saturated heterocycles. The van der Waals surface area contributed by atoms with Gasteiger partial charge in [-0.1, -0.05) is 0 Å². The summed E-state index contributed by atoms with van der Waals surface area (Å²) in [6.45, 7) is 5.67. The minimum atomic E-state index is -0.311. The molecular formula is C14H20N2O3. The third-order valence-electron chi connectivity index (χ3n) is 3.17. The second-order valence-corrected chi connectivity index (χ2v) is 5.29. The summed E-state index contributed by atoms with van der Waals surface area (Å²) in [7, 11) is 1.54. The first-order valence-electron chi connectivity index (χ1n) is 6.30. The number of carbonyl (C=O) groups is 1. The lowest BCUT2D eigenvalue weighted by Crippen LogP contribution is -2.50. The van der Waals surface area contributed by atoms with Crippen LogP contribution in [0.3, 0.4) is 0 Å². The number of hydrogen-bond donors (Lipinski definition) is 1. The Morgan fingerprint density at radius 1 is 1.47 bits per heavy atom. The van der Waals surface area contributed by atoms with Crippen molar-refractivity contribution < 1.29 is 14.3 Å². The van der Waals surface area contributed by atoms with Crippen LogP contribution in [0.25, 0.3) is 0 Å². The van der Waals surface area contributed by atoms with E-state index in [2.05, 4.69) is 0 Å². The predicted octanol–water partition coefficient (Wildman–Crippen LogP) is 1.53. The van der Waals surface area contributed by atoms with E-state index in [-0.39, 0.29) is 11.5 Å². The molecule has 0 radical (unpaired) electrons. The molecule has 1 aromatic rings. The van der Waals surface area contributed by atoms with Crippen LogP contribution in [0.15, 0.2) is 18.2 Å². The highest BCUT2D eigenvalue weighted by atomic mass is 16.5. The number of benzene rings is 1. The minimum Gasteiger partial charge on any atom is -0.496 e. The van der Waals surface area contributed by atoms with E-state index >= 15 is 0 Å². The Hall–Kier alpha value is -1.75. The van der Waals surface area contributed by atoms with Gasteiger partial charge in [0, 0.05) is 24.8 Å². The standard InChI is InChI=1S/C14H20N2O3/c1-14(2)9-16(6-7-19-14)13(17)11-5-4-10(15)8-12(11)18-3/h4-5,8H,6-7,9,15H2,1-3H3. The molecule has 1 aromatic carbocycles. The largest absolute Gasteiger partial charge is 0.496 e. The number of rotatable bonds is 2. The molecule has 1 aliphatic heterocycles. The molecule has 19 heavy (non-hydrogen) atoms. The minimum absolute atomic E-state index is 0.0479. The number of nitrogens with zero attached hydrogens (tertiary/aromatic N) is 1. The summed E-state index contributed by atoms with van der Waals surface area (Å²) in [4.78, 5) is 14.3. The van der Waals surface area contributed by atoms with Crippen LogP contribution in [0.1, 0.15) is 24.2 Å². The van der Waals surface area contributed by atoms with Gasteiger partial charge in [-0.15, -0.1) is 0 Å².